The average molecular weight is 199 g/mol. The molecule has 0 radical (unpaired) electrons. The first-order valence-electron chi connectivity index (χ1n) is 5.00. The Hall–Kier alpha value is -0.830. The number of carbonyl (C=O) groups excluding carboxylic acids is 1. The van der Waals surface area contributed by atoms with Gasteiger partial charge in [-0.15, -0.1) is 0 Å². The third-order valence-corrected chi connectivity index (χ3v) is 2.56. The molecule has 0 rings (SSSR count). The van der Waals surface area contributed by atoms with Gasteiger partial charge in [-0.25, -0.2) is 0 Å². The molecule has 1 unspecified atom stereocenters. The molecule has 0 fully saturated rings. The van der Waals surface area contributed by atoms with Gasteiger partial charge in [0.1, 0.15) is 0 Å². The van der Waals surface area contributed by atoms with Crippen molar-refractivity contribution in [2.24, 2.45) is 0 Å². The highest BCUT2D eigenvalue weighted by molar-refractivity contribution is 5.91. The molecule has 0 aromatic carbocycles. The van der Waals surface area contributed by atoms with Crippen LogP contribution in [0.1, 0.15) is 20.3 Å². The summed E-state index contributed by atoms with van der Waals surface area (Å²) in [5, 5.41) is 2.84. The predicted molar refractivity (Wildman–Crippen MR) is 59.9 cm³/mol. The number of carbonyl (C=O) groups is 1. The quantitative estimate of drug-likeness (QED) is 0.522. The van der Waals surface area contributed by atoms with E-state index in [1.54, 1.807) is 6.92 Å². The molecule has 0 saturated heterocycles. The summed E-state index contributed by atoms with van der Waals surface area (Å²) in [5.74, 6) is -0.0430. The van der Waals surface area contributed by atoms with Crippen LogP contribution in [0.15, 0.2) is 12.2 Å². The largest absolute Gasteiger partial charge is 0.352 e. The smallest absolute Gasteiger partial charge is 0.246 e. The highest BCUT2D eigenvalue weighted by Gasteiger charge is 2.17. The van der Waals surface area contributed by atoms with E-state index in [0.717, 1.165) is 17.4 Å². The van der Waals surface area contributed by atoms with Gasteiger partial charge in [-0.3, -0.25) is 4.79 Å². The van der Waals surface area contributed by atoms with Crippen molar-refractivity contribution in [3.8, 4) is 0 Å². The molecule has 1 atom stereocenters. The van der Waals surface area contributed by atoms with Crippen molar-refractivity contribution in [3.05, 3.63) is 12.2 Å². The third kappa shape index (κ3) is 5.02. The van der Waals surface area contributed by atoms with Gasteiger partial charge in [-0.1, -0.05) is 6.58 Å². The molecule has 3 nitrogen and oxygen atoms in total. The lowest BCUT2D eigenvalue weighted by molar-refractivity contribution is -0.894. The summed E-state index contributed by atoms with van der Waals surface area (Å²) >= 11 is 0. The topological polar surface area (TPSA) is 29.1 Å². The SMILES string of the molecule is C=C(C)C(=O)NCCC(C)[N+](C)(C)C. The molecule has 0 aromatic rings. The van der Waals surface area contributed by atoms with Crippen LogP contribution in [0, 0.1) is 0 Å². The Labute approximate surface area is 87.4 Å². The van der Waals surface area contributed by atoms with Crippen molar-refractivity contribution >= 4 is 5.91 Å². The second-order valence-electron chi connectivity index (χ2n) is 4.79. The predicted octanol–water partition coefficient (Wildman–Crippen LogP) is 1.16. The molecule has 14 heavy (non-hydrogen) atoms. The molecule has 0 spiro atoms. The van der Waals surface area contributed by atoms with E-state index in [0.29, 0.717) is 11.6 Å². The third-order valence-electron chi connectivity index (χ3n) is 2.56. The van der Waals surface area contributed by atoms with Gasteiger partial charge in [0, 0.05) is 18.5 Å². The van der Waals surface area contributed by atoms with Gasteiger partial charge in [0.15, 0.2) is 0 Å². The van der Waals surface area contributed by atoms with Gasteiger partial charge in [0.05, 0.1) is 27.2 Å². The molecule has 0 bridgehead atoms. The Morgan fingerprint density at radius 1 is 1.43 bits per heavy atom. The number of rotatable bonds is 5. The van der Waals surface area contributed by atoms with Crippen LogP contribution in [0.4, 0.5) is 0 Å². The van der Waals surface area contributed by atoms with Crippen molar-refractivity contribution in [1.29, 1.82) is 0 Å². The first-order valence-corrected chi connectivity index (χ1v) is 5.00. The molecule has 0 aliphatic rings. The van der Waals surface area contributed by atoms with E-state index in [9.17, 15) is 4.79 Å². The van der Waals surface area contributed by atoms with E-state index in [1.165, 1.54) is 0 Å². The molecule has 0 aliphatic carbocycles. The number of nitrogens with zero attached hydrogens (tertiary/aromatic N) is 1. The number of hydrogen-bond acceptors (Lipinski definition) is 1. The zero-order chi connectivity index (χ0) is 11.4. The number of nitrogens with one attached hydrogen (secondary N) is 1. The van der Waals surface area contributed by atoms with Crippen LogP contribution in [0.25, 0.3) is 0 Å². The number of quaternary nitrogens is 1. The number of amides is 1. The first kappa shape index (κ1) is 13.2. The van der Waals surface area contributed by atoms with E-state index >= 15 is 0 Å². The first-order chi connectivity index (χ1) is 6.25. The fourth-order valence-electron chi connectivity index (χ4n) is 0.933. The van der Waals surface area contributed by atoms with Crippen LogP contribution in [-0.4, -0.2) is 44.1 Å². The van der Waals surface area contributed by atoms with Crippen LogP contribution in [0.5, 0.6) is 0 Å². The fraction of sp³-hybridized carbons (Fsp3) is 0.727. The maximum absolute atomic E-state index is 11.2. The number of hydrogen-bond donors (Lipinski definition) is 1. The van der Waals surface area contributed by atoms with Crippen LogP contribution in [0.2, 0.25) is 0 Å². The Kier molecular flexibility index (Phi) is 4.85. The lowest BCUT2D eigenvalue weighted by Gasteiger charge is -2.31. The maximum atomic E-state index is 11.2. The van der Waals surface area contributed by atoms with Gasteiger partial charge in [-0.2, -0.15) is 0 Å². The summed E-state index contributed by atoms with van der Waals surface area (Å²) in [7, 11) is 6.47. The van der Waals surface area contributed by atoms with Gasteiger partial charge in [0.25, 0.3) is 0 Å². The summed E-state index contributed by atoms with van der Waals surface area (Å²) < 4.78 is 0.920. The van der Waals surface area contributed by atoms with Crippen LogP contribution >= 0.6 is 0 Å². The average Bonchev–Trinajstić information content (AvgIpc) is 2.01. The van der Waals surface area contributed by atoms with Gasteiger partial charge in [0.2, 0.25) is 5.91 Å². The lowest BCUT2D eigenvalue weighted by Crippen LogP contribution is -2.44. The Morgan fingerprint density at radius 2 is 1.93 bits per heavy atom. The van der Waals surface area contributed by atoms with Crippen LogP contribution in [-0.2, 0) is 4.79 Å². The van der Waals surface area contributed by atoms with E-state index in [1.807, 2.05) is 0 Å². The summed E-state index contributed by atoms with van der Waals surface area (Å²) in [5.41, 5.74) is 0.572. The van der Waals surface area contributed by atoms with Gasteiger partial charge >= 0.3 is 0 Å². The van der Waals surface area contributed by atoms with Crippen molar-refractivity contribution in [2.45, 2.75) is 26.3 Å². The zero-order valence-electron chi connectivity index (χ0n) is 10.1. The minimum absolute atomic E-state index is 0.0430. The molecule has 0 saturated carbocycles. The zero-order valence-corrected chi connectivity index (χ0v) is 10.1. The Balaban J connectivity index is 3.76. The Morgan fingerprint density at radius 3 is 2.29 bits per heavy atom. The molecular formula is C11H23N2O+. The molecule has 1 N–H and O–H groups in total. The van der Waals surface area contributed by atoms with E-state index in [2.05, 4.69) is 40.0 Å². The van der Waals surface area contributed by atoms with Crippen molar-refractivity contribution in [3.63, 3.8) is 0 Å². The summed E-state index contributed by atoms with van der Waals surface area (Å²) in [4.78, 5) is 11.2. The second-order valence-corrected chi connectivity index (χ2v) is 4.79. The molecule has 0 aromatic heterocycles. The second kappa shape index (κ2) is 5.15. The monoisotopic (exact) mass is 199 g/mol. The van der Waals surface area contributed by atoms with E-state index in [-0.39, 0.29) is 5.91 Å². The molecule has 3 heteroatoms. The van der Waals surface area contributed by atoms with Gasteiger partial charge < -0.3 is 9.80 Å². The van der Waals surface area contributed by atoms with E-state index < -0.39 is 0 Å². The summed E-state index contributed by atoms with van der Waals surface area (Å²) in [6, 6.07) is 0.542. The minimum Gasteiger partial charge on any atom is -0.352 e. The lowest BCUT2D eigenvalue weighted by atomic mass is 10.2. The Bertz CT molecular complexity index is 216. The van der Waals surface area contributed by atoms with Crippen LogP contribution < -0.4 is 5.32 Å². The highest BCUT2D eigenvalue weighted by Crippen LogP contribution is 2.05. The van der Waals surface area contributed by atoms with Crippen molar-refractivity contribution < 1.29 is 9.28 Å². The maximum Gasteiger partial charge on any atom is 0.246 e. The van der Waals surface area contributed by atoms with Crippen LogP contribution in [0.3, 0.4) is 0 Å². The van der Waals surface area contributed by atoms with E-state index in [4.69, 9.17) is 0 Å². The molecule has 0 heterocycles. The normalized spacial score (nSPS) is 13.5. The standard InChI is InChI=1S/C11H22N2O/c1-9(2)11(14)12-8-7-10(3)13(4,5)6/h10H,1,7-8H2,2-6H3/p+1. The molecular weight excluding hydrogens is 176 g/mol. The van der Waals surface area contributed by atoms with Crippen molar-refractivity contribution in [1.82, 2.24) is 5.32 Å². The highest BCUT2D eigenvalue weighted by atomic mass is 16.1. The van der Waals surface area contributed by atoms with Gasteiger partial charge in [-0.05, 0) is 13.8 Å². The fourth-order valence-corrected chi connectivity index (χ4v) is 0.933. The molecule has 82 valence electrons. The van der Waals surface area contributed by atoms with Crippen molar-refractivity contribution in [2.75, 3.05) is 27.7 Å². The summed E-state index contributed by atoms with van der Waals surface area (Å²) in [6.07, 6.45) is 0.989. The molecule has 1 amide bonds. The summed E-state index contributed by atoms with van der Waals surface area (Å²) in [6.45, 7) is 8.22. The minimum atomic E-state index is -0.0430. The molecule has 0 aliphatic heterocycles.